The number of nitrogens with zero attached hydrogens (tertiary/aromatic N) is 2. The van der Waals surface area contributed by atoms with Crippen molar-refractivity contribution in [3.63, 3.8) is 0 Å². The number of ether oxygens (including phenoxy) is 1. The highest BCUT2D eigenvalue weighted by Crippen LogP contribution is 2.34. The van der Waals surface area contributed by atoms with E-state index in [1.165, 1.54) is 0 Å². The highest BCUT2D eigenvalue weighted by atomic mass is 35.5. The zero-order chi connectivity index (χ0) is 14.9. The number of benzene rings is 1. The molecule has 0 amide bonds. The van der Waals surface area contributed by atoms with Crippen molar-refractivity contribution in [3.8, 4) is 17.1 Å². The first-order chi connectivity index (χ1) is 10.1. The van der Waals surface area contributed by atoms with Gasteiger partial charge in [-0.05, 0) is 44.1 Å². The third-order valence-corrected chi connectivity index (χ3v) is 3.89. The molecule has 1 aromatic heterocycles. The van der Waals surface area contributed by atoms with Gasteiger partial charge >= 0.3 is 0 Å². The van der Waals surface area contributed by atoms with Gasteiger partial charge in [0.25, 0.3) is 5.89 Å². The minimum atomic E-state index is -1.06. The number of rotatable bonds is 3. The highest BCUT2D eigenvalue weighted by molar-refractivity contribution is 6.30. The predicted octanol–water partition coefficient (Wildman–Crippen LogP) is 1.97. The smallest absolute Gasteiger partial charge is 0.259 e. The van der Waals surface area contributed by atoms with E-state index in [0.717, 1.165) is 13.1 Å². The average molecular weight is 310 g/mol. The molecule has 1 saturated heterocycles. The summed E-state index contributed by atoms with van der Waals surface area (Å²) in [5.74, 6) is 1.19. The van der Waals surface area contributed by atoms with Crippen LogP contribution in [0.5, 0.6) is 5.75 Å². The first-order valence-corrected chi connectivity index (χ1v) is 7.11. The molecule has 0 saturated carbocycles. The van der Waals surface area contributed by atoms with E-state index in [0.29, 0.717) is 35.0 Å². The Morgan fingerprint density at radius 3 is 2.86 bits per heavy atom. The Hall–Kier alpha value is -1.63. The lowest BCUT2D eigenvalue weighted by molar-refractivity contribution is -0.0228. The van der Waals surface area contributed by atoms with E-state index in [9.17, 15) is 5.11 Å². The molecule has 0 unspecified atom stereocenters. The Labute approximate surface area is 127 Å². The Kier molecular flexibility index (Phi) is 3.84. The number of hydrogen-bond acceptors (Lipinski definition) is 6. The maximum atomic E-state index is 10.6. The Bertz CT molecular complexity index is 638. The van der Waals surface area contributed by atoms with Crippen LogP contribution in [0.15, 0.2) is 22.7 Å². The Balaban J connectivity index is 1.95. The molecule has 6 nitrogen and oxygen atoms in total. The fourth-order valence-electron chi connectivity index (χ4n) is 2.43. The van der Waals surface area contributed by atoms with Crippen LogP contribution >= 0.6 is 11.6 Å². The zero-order valence-electron chi connectivity index (χ0n) is 11.6. The molecule has 3 rings (SSSR count). The van der Waals surface area contributed by atoms with E-state index >= 15 is 0 Å². The van der Waals surface area contributed by atoms with Crippen molar-refractivity contribution in [1.29, 1.82) is 0 Å². The summed E-state index contributed by atoms with van der Waals surface area (Å²) in [6.07, 6.45) is 1.10. The average Bonchev–Trinajstić information content (AvgIpc) is 2.98. The van der Waals surface area contributed by atoms with Crippen LogP contribution in [0.3, 0.4) is 0 Å². The number of halogens is 1. The second-order valence-electron chi connectivity index (χ2n) is 5.05. The lowest BCUT2D eigenvalue weighted by atomic mass is 9.92. The van der Waals surface area contributed by atoms with Crippen LogP contribution < -0.4 is 10.1 Å². The molecule has 21 heavy (non-hydrogen) atoms. The van der Waals surface area contributed by atoms with Gasteiger partial charge in [0.2, 0.25) is 5.82 Å². The van der Waals surface area contributed by atoms with Crippen molar-refractivity contribution in [2.75, 3.05) is 20.2 Å². The van der Waals surface area contributed by atoms with Gasteiger partial charge < -0.3 is 19.7 Å². The van der Waals surface area contributed by atoms with E-state index < -0.39 is 5.60 Å². The number of aliphatic hydroxyl groups is 1. The molecule has 1 aliphatic rings. The van der Waals surface area contributed by atoms with Crippen molar-refractivity contribution in [2.45, 2.75) is 18.4 Å². The minimum Gasteiger partial charge on any atom is -0.496 e. The van der Waals surface area contributed by atoms with Crippen LogP contribution in [0, 0.1) is 0 Å². The second-order valence-corrected chi connectivity index (χ2v) is 5.49. The zero-order valence-corrected chi connectivity index (χ0v) is 12.4. The van der Waals surface area contributed by atoms with E-state index in [1.807, 2.05) is 0 Å². The maximum absolute atomic E-state index is 10.6. The van der Waals surface area contributed by atoms with Gasteiger partial charge in [0.15, 0.2) is 0 Å². The summed E-state index contributed by atoms with van der Waals surface area (Å²) < 4.78 is 10.5. The van der Waals surface area contributed by atoms with E-state index in [4.69, 9.17) is 20.9 Å². The standard InChI is InChI=1S/C14H16ClN3O3/c1-20-11-8-9(15)2-3-10(11)12-17-13(21-18-12)14(19)4-6-16-7-5-14/h2-3,8,16,19H,4-7H2,1H3. The lowest BCUT2D eigenvalue weighted by Gasteiger charge is -2.28. The fourth-order valence-corrected chi connectivity index (χ4v) is 2.59. The summed E-state index contributed by atoms with van der Waals surface area (Å²) in [6.45, 7) is 1.44. The van der Waals surface area contributed by atoms with Crippen molar-refractivity contribution in [3.05, 3.63) is 29.1 Å². The van der Waals surface area contributed by atoms with E-state index in [1.54, 1.807) is 25.3 Å². The highest BCUT2D eigenvalue weighted by Gasteiger charge is 2.37. The first kappa shape index (κ1) is 14.3. The van der Waals surface area contributed by atoms with Crippen LogP contribution in [0.25, 0.3) is 11.4 Å². The van der Waals surface area contributed by atoms with Gasteiger partial charge in [0.1, 0.15) is 11.4 Å². The molecule has 1 aromatic carbocycles. The molecular weight excluding hydrogens is 294 g/mol. The second kappa shape index (κ2) is 5.63. The van der Waals surface area contributed by atoms with Crippen molar-refractivity contribution in [1.82, 2.24) is 15.5 Å². The summed E-state index contributed by atoms with van der Waals surface area (Å²) in [6, 6.07) is 5.18. The summed E-state index contributed by atoms with van der Waals surface area (Å²) in [5.41, 5.74) is -0.384. The van der Waals surface area contributed by atoms with Crippen LogP contribution in [0.4, 0.5) is 0 Å². The van der Waals surface area contributed by atoms with Gasteiger partial charge in [-0.25, -0.2) is 0 Å². The predicted molar refractivity (Wildman–Crippen MR) is 77.3 cm³/mol. The molecule has 0 radical (unpaired) electrons. The maximum Gasteiger partial charge on any atom is 0.259 e. The minimum absolute atomic E-state index is 0.246. The van der Waals surface area contributed by atoms with Crippen LogP contribution in [0.1, 0.15) is 18.7 Å². The van der Waals surface area contributed by atoms with Gasteiger partial charge in [-0.15, -0.1) is 0 Å². The summed E-state index contributed by atoms with van der Waals surface area (Å²) in [4.78, 5) is 4.34. The Morgan fingerprint density at radius 1 is 1.38 bits per heavy atom. The molecule has 1 aliphatic heterocycles. The molecule has 7 heteroatoms. The summed E-state index contributed by atoms with van der Waals surface area (Å²) in [7, 11) is 1.55. The number of nitrogens with one attached hydrogen (secondary N) is 1. The topological polar surface area (TPSA) is 80.4 Å². The monoisotopic (exact) mass is 309 g/mol. The van der Waals surface area contributed by atoms with Crippen molar-refractivity contribution < 1.29 is 14.4 Å². The molecule has 0 atom stereocenters. The van der Waals surface area contributed by atoms with Crippen molar-refractivity contribution >= 4 is 11.6 Å². The van der Waals surface area contributed by atoms with Crippen LogP contribution in [-0.4, -0.2) is 35.4 Å². The number of piperidine rings is 1. The van der Waals surface area contributed by atoms with Gasteiger partial charge in [0, 0.05) is 5.02 Å². The molecule has 2 aromatic rings. The molecule has 112 valence electrons. The van der Waals surface area contributed by atoms with Crippen LogP contribution in [-0.2, 0) is 5.60 Å². The molecule has 0 spiro atoms. The molecule has 1 fully saturated rings. The molecular formula is C14H16ClN3O3. The van der Waals surface area contributed by atoms with Gasteiger partial charge in [-0.3, -0.25) is 0 Å². The van der Waals surface area contributed by atoms with Crippen molar-refractivity contribution in [2.24, 2.45) is 0 Å². The largest absolute Gasteiger partial charge is 0.496 e. The van der Waals surface area contributed by atoms with E-state index in [-0.39, 0.29) is 5.89 Å². The normalized spacial score (nSPS) is 17.7. The molecule has 0 bridgehead atoms. The first-order valence-electron chi connectivity index (χ1n) is 6.73. The molecule has 2 N–H and O–H groups in total. The molecule has 2 heterocycles. The third-order valence-electron chi connectivity index (χ3n) is 3.66. The fraction of sp³-hybridized carbons (Fsp3) is 0.429. The lowest BCUT2D eigenvalue weighted by Crippen LogP contribution is -2.39. The van der Waals surface area contributed by atoms with Gasteiger partial charge in [0.05, 0.1) is 12.7 Å². The SMILES string of the molecule is COc1cc(Cl)ccc1-c1noc(C2(O)CCNCC2)n1. The van der Waals surface area contributed by atoms with Gasteiger partial charge in [-0.2, -0.15) is 4.98 Å². The quantitative estimate of drug-likeness (QED) is 0.902. The molecule has 0 aliphatic carbocycles. The number of methoxy groups -OCH3 is 1. The van der Waals surface area contributed by atoms with Crippen LogP contribution in [0.2, 0.25) is 5.02 Å². The summed E-state index contributed by atoms with van der Waals surface area (Å²) in [5, 5.41) is 18.3. The van der Waals surface area contributed by atoms with E-state index in [2.05, 4.69) is 15.5 Å². The number of aromatic nitrogens is 2. The van der Waals surface area contributed by atoms with Gasteiger partial charge in [-0.1, -0.05) is 16.8 Å². The number of hydrogen-bond donors (Lipinski definition) is 2. The third kappa shape index (κ3) is 2.74. The summed E-state index contributed by atoms with van der Waals surface area (Å²) >= 11 is 5.94. The Morgan fingerprint density at radius 2 is 2.14 bits per heavy atom.